The molecular weight excluding hydrogens is 416 g/mol. The van der Waals surface area contributed by atoms with Gasteiger partial charge < -0.3 is 14.6 Å². The number of aryl methyl sites for hydroxylation is 2. The van der Waals surface area contributed by atoms with Crippen molar-refractivity contribution in [3.05, 3.63) is 59.7 Å². The Morgan fingerprint density at radius 1 is 0.862 bits per heavy atom. The van der Waals surface area contributed by atoms with E-state index in [1.165, 1.54) is 62.4 Å². The lowest BCUT2D eigenvalue weighted by molar-refractivity contribution is -0.148. The molecule has 0 saturated carbocycles. The summed E-state index contributed by atoms with van der Waals surface area (Å²) in [5.74, 6) is -1.25. The summed E-state index contributed by atoms with van der Waals surface area (Å²) >= 11 is 0. The molecule has 1 aliphatic rings. The van der Waals surface area contributed by atoms with Gasteiger partial charge in [0.25, 0.3) is 0 Å². The van der Waals surface area contributed by atoms with Gasteiger partial charge in [-0.25, -0.2) is 16.8 Å². The highest BCUT2D eigenvalue weighted by Gasteiger charge is 2.64. The third-order valence-corrected chi connectivity index (χ3v) is 10.0. The second-order valence-electron chi connectivity index (χ2n) is 7.58. The molecular formula is C20H24O7S2. The normalized spacial score (nSPS) is 20.0. The van der Waals surface area contributed by atoms with E-state index in [-0.39, 0.29) is 9.79 Å². The fraction of sp³-hybridized carbons (Fsp3) is 0.400. The summed E-state index contributed by atoms with van der Waals surface area (Å²) in [5, 5.41) is 11.5. The third-order valence-electron chi connectivity index (χ3n) is 4.85. The lowest BCUT2D eigenvalue weighted by atomic mass is 10.2. The summed E-state index contributed by atoms with van der Waals surface area (Å²) in [6.07, 6.45) is -1.64. The quantitative estimate of drug-likeness (QED) is 0.760. The van der Waals surface area contributed by atoms with Gasteiger partial charge in [0.1, 0.15) is 6.10 Å². The maximum Gasteiger partial charge on any atom is 0.306 e. The fourth-order valence-electron chi connectivity index (χ4n) is 3.13. The zero-order valence-corrected chi connectivity index (χ0v) is 18.2. The van der Waals surface area contributed by atoms with Gasteiger partial charge in [-0.2, -0.15) is 0 Å². The van der Waals surface area contributed by atoms with Crippen LogP contribution in [-0.4, -0.2) is 44.7 Å². The van der Waals surface area contributed by atoms with Crippen molar-refractivity contribution in [2.75, 3.05) is 6.61 Å². The Hall–Kier alpha value is -1.78. The molecule has 0 aromatic heterocycles. The van der Waals surface area contributed by atoms with Crippen molar-refractivity contribution in [2.45, 2.75) is 53.6 Å². The molecule has 0 aliphatic carbocycles. The number of rotatable bonds is 5. The van der Waals surface area contributed by atoms with Crippen molar-refractivity contribution < 1.29 is 31.4 Å². The molecule has 3 rings (SSSR count). The van der Waals surface area contributed by atoms with Gasteiger partial charge in [0.05, 0.1) is 16.4 Å². The van der Waals surface area contributed by atoms with Crippen LogP contribution < -0.4 is 0 Å². The standard InChI is InChI=1S/C20H24O7S2/c1-14-5-9-16(10-6-14)28(22,23)20(21,18-13-26-19(3,4)27-18)29(24,25)17-11-7-15(2)8-12-17/h5-12,18,21H,13H2,1-4H3. The number of sulfone groups is 2. The van der Waals surface area contributed by atoms with Gasteiger partial charge in [-0.15, -0.1) is 0 Å². The van der Waals surface area contributed by atoms with Crippen LogP contribution in [0.3, 0.4) is 0 Å². The van der Waals surface area contributed by atoms with Crippen LogP contribution in [0.1, 0.15) is 25.0 Å². The number of benzene rings is 2. The van der Waals surface area contributed by atoms with Crippen LogP contribution in [0, 0.1) is 13.8 Å². The Bertz CT molecular complexity index is 1020. The van der Waals surface area contributed by atoms with Crippen molar-refractivity contribution >= 4 is 19.7 Å². The first-order chi connectivity index (χ1) is 13.3. The first-order valence-electron chi connectivity index (χ1n) is 8.98. The maximum absolute atomic E-state index is 13.5. The molecule has 1 atom stereocenters. The number of hydrogen-bond donors (Lipinski definition) is 1. The largest absolute Gasteiger partial charge is 0.360 e. The molecule has 1 aliphatic heterocycles. The first kappa shape index (κ1) is 21.9. The molecule has 1 N–H and O–H groups in total. The molecule has 7 nitrogen and oxygen atoms in total. The van der Waals surface area contributed by atoms with Gasteiger partial charge in [0.2, 0.25) is 19.7 Å². The monoisotopic (exact) mass is 440 g/mol. The molecule has 0 bridgehead atoms. The van der Waals surface area contributed by atoms with Crippen LogP contribution >= 0.6 is 0 Å². The van der Waals surface area contributed by atoms with E-state index in [9.17, 15) is 21.9 Å². The smallest absolute Gasteiger partial charge is 0.306 e. The van der Waals surface area contributed by atoms with E-state index in [4.69, 9.17) is 9.47 Å². The van der Waals surface area contributed by atoms with Crippen LogP contribution in [0.5, 0.6) is 0 Å². The first-order valence-corrected chi connectivity index (χ1v) is 11.9. The van der Waals surface area contributed by atoms with Crippen LogP contribution in [-0.2, 0) is 29.1 Å². The van der Waals surface area contributed by atoms with E-state index in [2.05, 4.69) is 0 Å². The summed E-state index contributed by atoms with van der Waals surface area (Å²) in [4.78, 5) is -0.649. The zero-order chi connectivity index (χ0) is 21.7. The average Bonchev–Trinajstić information content (AvgIpc) is 3.01. The fourth-order valence-corrected chi connectivity index (χ4v) is 7.45. The second-order valence-corrected chi connectivity index (χ2v) is 12.0. The highest BCUT2D eigenvalue weighted by atomic mass is 32.3. The van der Waals surface area contributed by atoms with Gasteiger partial charge in [-0.3, -0.25) is 0 Å². The summed E-state index contributed by atoms with van der Waals surface area (Å²) in [6.45, 7) is 6.17. The molecule has 1 heterocycles. The van der Waals surface area contributed by atoms with Crippen molar-refractivity contribution in [1.29, 1.82) is 0 Å². The van der Waals surface area contributed by atoms with Gasteiger partial charge in [-0.05, 0) is 52.0 Å². The minimum atomic E-state index is -4.80. The van der Waals surface area contributed by atoms with Gasteiger partial charge in [-0.1, -0.05) is 35.4 Å². The number of aliphatic hydroxyl groups is 1. The second kappa shape index (κ2) is 7.17. The van der Waals surface area contributed by atoms with Crippen LogP contribution in [0.4, 0.5) is 0 Å². The van der Waals surface area contributed by atoms with Crippen LogP contribution in [0.25, 0.3) is 0 Å². The third kappa shape index (κ3) is 3.62. The van der Waals surface area contributed by atoms with Crippen molar-refractivity contribution in [3.8, 4) is 0 Å². The Morgan fingerprint density at radius 3 is 1.55 bits per heavy atom. The molecule has 1 fully saturated rings. The van der Waals surface area contributed by atoms with Gasteiger partial charge in [0, 0.05) is 0 Å². The number of ether oxygens (including phenoxy) is 2. The molecule has 1 saturated heterocycles. The molecule has 2 aromatic rings. The Morgan fingerprint density at radius 2 is 1.24 bits per heavy atom. The van der Waals surface area contributed by atoms with Crippen LogP contribution in [0.2, 0.25) is 0 Å². The SMILES string of the molecule is Cc1ccc(S(=O)(=O)C(O)(C2COC(C)(C)O2)S(=O)(=O)c2ccc(C)cc2)cc1. The minimum absolute atomic E-state index is 0.324. The predicted molar refractivity (Wildman–Crippen MR) is 107 cm³/mol. The summed E-state index contributed by atoms with van der Waals surface area (Å²) in [5.41, 5.74) is 1.57. The van der Waals surface area contributed by atoms with Crippen molar-refractivity contribution in [2.24, 2.45) is 0 Å². The lowest BCUT2D eigenvalue weighted by Crippen LogP contribution is -2.56. The van der Waals surface area contributed by atoms with E-state index >= 15 is 0 Å². The molecule has 0 spiro atoms. The molecule has 2 aromatic carbocycles. The van der Waals surface area contributed by atoms with E-state index in [0.29, 0.717) is 0 Å². The molecule has 29 heavy (non-hydrogen) atoms. The average molecular weight is 441 g/mol. The molecule has 0 radical (unpaired) electrons. The highest BCUT2D eigenvalue weighted by Crippen LogP contribution is 2.41. The van der Waals surface area contributed by atoms with Gasteiger partial charge >= 0.3 is 4.27 Å². The van der Waals surface area contributed by atoms with E-state index in [1.54, 1.807) is 13.8 Å². The minimum Gasteiger partial charge on any atom is -0.360 e. The maximum atomic E-state index is 13.5. The van der Waals surface area contributed by atoms with Gasteiger partial charge in [0.15, 0.2) is 5.79 Å². The molecule has 0 amide bonds. The summed E-state index contributed by atoms with van der Waals surface area (Å²) < 4.78 is 61.6. The van der Waals surface area contributed by atoms with Crippen molar-refractivity contribution in [1.82, 2.24) is 0 Å². The number of hydrogen-bond acceptors (Lipinski definition) is 7. The topological polar surface area (TPSA) is 107 Å². The van der Waals surface area contributed by atoms with E-state index in [0.717, 1.165) is 11.1 Å². The molecule has 9 heteroatoms. The lowest BCUT2D eigenvalue weighted by Gasteiger charge is -2.32. The van der Waals surface area contributed by atoms with E-state index < -0.39 is 42.4 Å². The molecule has 1 unspecified atom stereocenters. The predicted octanol–water partition coefficient (Wildman–Crippen LogP) is 2.35. The summed E-state index contributed by atoms with van der Waals surface area (Å²) in [6, 6.07) is 11.2. The summed E-state index contributed by atoms with van der Waals surface area (Å²) in [7, 11) is -9.61. The van der Waals surface area contributed by atoms with E-state index in [1.807, 2.05) is 0 Å². The Labute approximate surface area is 171 Å². The molecule has 158 valence electrons. The van der Waals surface area contributed by atoms with Crippen molar-refractivity contribution in [3.63, 3.8) is 0 Å². The Balaban J connectivity index is 2.25. The Kier molecular flexibility index (Phi) is 5.42. The van der Waals surface area contributed by atoms with Crippen LogP contribution in [0.15, 0.2) is 58.3 Å². The zero-order valence-electron chi connectivity index (χ0n) is 16.6. The highest BCUT2D eigenvalue weighted by molar-refractivity contribution is 8.10.